The molecule has 188 valence electrons. The molecule has 2 aliphatic rings. The first kappa shape index (κ1) is 24.4. The Kier molecular flexibility index (Phi) is 6.77. The molecule has 2 aromatic carbocycles. The number of sulfonamides is 1. The third kappa shape index (κ3) is 4.73. The van der Waals surface area contributed by atoms with Gasteiger partial charge in [0, 0.05) is 37.7 Å². The van der Waals surface area contributed by atoms with E-state index in [1.165, 1.54) is 33.7 Å². The van der Waals surface area contributed by atoms with Crippen molar-refractivity contribution < 1.29 is 22.1 Å². The standard InChI is InChI=1S/C27H28FN3O4S/c1-19-26(25(35-29-19)11-10-21-7-4-5-9-24(21)28)36(33,34)31-16-13-22(14-17-31)27(32)30-15-12-20-6-2-3-8-23(20)18-30/h2-11,22H,12-18H2,1H3/b11-10+. The Morgan fingerprint density at radius 1 is 1.03 bits per heavy atom. The lowest BCUT2D eigenvalue weighted by Crippen LogP contribution is -2.45. The summed E-state index contributed by atoms with van der Waals surface area (Å²) < 4.78 is 47.7. The van der Waals surface area contributed by atoms with E-state index in [0.29, 0.717) is 31.5 Å². The summed E-state index contributed by atoms with van der Waals surface area (Å²) in [4.78, 5) is 15.1. The number of halogens is 1. The van der Waals surface area contributed by atoms with Crippen LogP contribution in [0.2, 0.25) is 0 Å². The molecule has 1 fully saturated rings. The second-order valence-electron chi connectivity index (χ2n) is 9.27. The van der Waals surface area contributed by atoms with Crippen LogP contribution in [-0.4, -0.2) is 48.3 Å². The Morgan fingerprint density at radius 3 is 2.47 bits per heavy atom. The maximum absolute atomic E-state index is 14.0. The van der Waals surface area contributed by atoms with Crippen molar-refractivity contribution in [1.29, 1.82) is 0 Å². The van der Waals surface area contributed by atoms with Crippen molar-refractivity contribution >= 4 is 28.1 Å². The summed E-state index contributed by atoms with van der Waals surface area (Å²) in [6.45, 7) is 3.34. The molecule has 3 aromatic rings. The van der Waals surface area contributed by atoms with E-state index in [0.717, 1.165) is 6.42 Å². The first-order valence-electron chi connectivity index (χ1n) is 12.1. The predicted octanol–water partition coefficient (Wildman–Crippen LogP) is 4.28. The molecule has 36 heavy (non-hydrogen) atoms. The number of amides is 1. The van der Waals surface area contributed by atoms with Gasteiger partial charge in [-0.3, -0.25) is 4.79 Å². The molecule has 1 aromatic heterocycles. The number of carbonyl (C=O) groups is 1. The average molecular weight is 510 g/mol. The highest BCUT2D eigenvalue weighted by atomic mass is 32.2. The Hall–Kier alpha value is -3.30. The maximum Gasteiger partial charge on any atom is 0.248 e. The number of fused-ring (bicyclic) bond motifs is 1. The normalized spacial score (nSPS) is 17.4. The van der Waals surface area contributed by atoms with Crippen molar-refractivity contribution in [1.82, 2.24) is 14.4 Å². The van der Waals surface area contributed by atoms with Crippen LogP contribution in [0.1, 0.15) is 41.0 Å². The monoisotopic (exact) mass is 509 g/mol. The number of piperidine rings is 1. The van der Waals surface area contributed by atoms with E-state index in [9.17, 15) is 17.6 Å². The second kappa shape index (κ2) is 9.99. The molecule has 9 heteroatoms. The quantitative estimate of drug-likeness (QED) is 0.513. The minimum absolute atomic E-state index is 0.0208. The van der Waals surface area contributed by atoms with Gasteiger partial charge in [0.05, 0.1) is 0 Å². The molecule has 2 aliphatic heterocycles. The lowest BCUT2D eigenvalue weighted by atomic mass is 9.94. The van der Waals surface area contributed by atoms with E-state index in [-0.39, 0.29) is 41.3 Å². The molecular weight excluding hydrogens is 481 g/mol. The molecule has 5 rings (SSSR count). The van der Waals surface area contributed by atoms with Crippen LogP contribution in [0.15, 0.2) is 57.9 Å². The van der Waals surface area contributed by atoms with Crippen LogP contribution in [0.3, 0.4) is 0 Å². The average Bonchev–Trinajstić information content (AvgIpc) is 3.28. The fraction of sp³-hybridized carbons (Fsp3) is 0.333. The number of aromatic nitrogens is 1. The highest BCUT2D eigenvalue weighted by molar-refractivity contribution is 7.89. The summed E-state index contributed by atoms with van der Waals surface area (Å²) in [6.07, 6.45) is 4.65. The van der Waals surface area contributed by atoms with Crippen LogP contribution in [-0.2, 0) is 27.8 Å². The van der Waals surface area contributed by atoms with E-state index in [2.05, 4.69) is 17.3 Å². The van der Waals surface area contributed by atoms with Gasteiger partial charge in [-0.2, -0.15) is 4.31 Å². The lowest BCUT2D eigenvalue weighted by molar-refractivity contribution is -0.137. The lowest BCUT2D eigenvalue weighted by Gasteiger charge is -2.35. The Bertz CT molecular complexity index is 1410. The molecule has 1 amide bonds. The van der Waals surface area contributed by atoms with Gasteiger partial charge in [0.15, 0.2) is 10.7 Å². The first-order chi connectivity index (χ1) is 17.3. The van der Waals surface area contributed by atoms with Gasteiger partial charge >= 0.3 is 0 Å². The Balaban J connectivity index is 1.27. The molecular formula is C27H28FN3O4S. The molecule has 0 aliphatic carbocycles. The molecule has 7 nitrogen and oxygen atoms in total. The molecule has 0 saturated carbocycles. The number of rotatable bonds is 5. The van der Waals surface area contributed by atoms with Gasteiger partial charge in [0.1, 0.15) is 11.5 Å². The second-order valence-corrected chi connectivity index (χ2v) is 11.1. The zero-order valence-corrected chi connectivity index (χ0v) is 20.9. The summed E-state index contributed by atoms with van der Waals surface area (Å²) in [5.41, 5.74) is 3.02. The molecule has 1 saturated heterocycles. The van der Waals surface area contributed by atoms with Crippen molar-refractivity contribution in [3.05, 3.63) is 82.5 Å². The van der Waals surface area contributed by atoms with Crippen LogP contribution in [0.4, 0.5) is 4.39 Å². The molecule has 0 N–H and O–H groups in total. The minimum atomic E-state index is -3.90. The van der Waals surface area contributed by atoms with E-state index >= 15 is 0 Å². The van der Waals surface area contributed by atoms with Gasteiger partial charge in [0.25, 0.3) is 0 Å². The Morgan fingerprint density at radius 2 is 1.72 bits per heavy atom. The van der Waals surface area contributed by atoms with Crippen molar-refractivity contribution in [3.8, 4) is 0 Å². The fourth-order valence-electron chi connectivity index (χ4n) is 4.99. The summed E-state index contributed by atoms with van der Waals surface area (Å²) in [5, 5.41) is 3.85. The third-order valence-corrected chi connectivity index (χ3v) is 9.05. The van der Waals surface area contributed by atoms with E-state index in [1.54, 1.807) is 25.1 Å². The van der Waals surface area contributed by atoms with Crippen molar-refractivity contribution in [2.75, 3.05) is 19.6 Å². The minimum Gasteiger partial charge on any atom is -0.355 e. The van der Waals surface area contributed by atoms with Gasteiger partial charge in [-0.15, -0.1) is 0 Å². The van der Waals surface area contributed by atoms with Crippen LogP contribution in [0.5, 0.6) is 0 Å². The van der Waals surface area contributed by atoms with Crippen molar-refractivity contribution in [2.24, 2.45) is 5.92 Å². The van der Waals surface area contributed by atoms with Gasteiger partial charge < -0.3 is 9.42 Å². The fourth-order valence-corrected chi connectivity index (χ4v) is 6.71. The molecule has 0 unspecified atom stereocenters. The smallest absolute Gasteiger partial charge is 0.248 e. The number of aryl methyl sites for hydroxylation is 1. The van der Waals surface area contributed by atoms with Crippen LogP contribution >= 0.6 is 0 Å². The molecule has 0 radical (unpaired) electrons. The highest BCUT2D eigenvalue weighted by Gasteiger charge is 2.37. The molecule has 0 spiro atoms. The molecule has 0 bridgehead atoms. The van der Waals surface area contributed by atoms with Gasteiger partial charge in [0.2, 0.25) is 15.9 Å². The number of hydrogen-bond acceptors (Lipinski definition) is 5. The van der Waals surface area contributed by atoms with Crippen molar-refractivity contribution in [2.45, 2.75) is 37.6 Å². The van der Waals surface area contributed by atoms with E-state index in [1.807, 2.05) is 17.0 Å². The zero-order valence-electron chi connectivity index (χ0n) is 20.1. The van der Waals surface area contributed by atoms with Crippen LogP contribution in [0.25, 0.3) is 12.2 Å². The van der Waals surface area contributed by atoms with Gasteiger partial charge in [-0.05, 0) is 55.5 Å². The number of nitrogens with zero attached hydrogens (tertiary/aromatic N) is 3. The third-order valence-electron chi connectivity index (χ3n) is 7.00. The highest BCUT2D eigenvalue weighted by Crippen LogP contribution is 2.31. The van der Waals surface area contributed by atoms with Crippen LogP contribution < -0.4 is 0 Å². The van der Waals surface area contributed by atoms with E-state index < -0.39 is 15.8 Å². The first-order valence-corrected chi connectivity index (χ1v) is 13.5. The summed E-state index contributed by atoms with van der Waals surface area (Å²) >= 11 is 0. The molecule has 3 heterocycles. The summed E-state index contributed by atoms with van der Waals surface area (Å²) in [7, 11) is -3.90. The van der Waals surface area contributed by atoms with Crippen LogP contribution in [0, 0.1) is 18.7 Å². The Labute approximate surface area is 210 Å². The van der Waals surface area contributed by atoms with Gasteiger partial charge in [-0.1, -0.05) is 47.6 Å². The zero-order chi connectivity index (χ0) is 25.3. The topological polar surface area (TPSA) is 83.7 Å². The largest absolute Gasteiger partial charge is 0.355 e. The number of carbonyl (C=O) groups excluding carboxylic acids is 1. The summed E-state index contributed by atoms with van der Waals surface area (Å²) in [6, 6.07) is 14.4. The predicted molar refractivity (Wildman–Crippen MR) is 134 cm³/mol. The van der Waals surface area contributed by atoms with Gasteiger partial charge in [-0.25, -0.2) is 12.8 Å². The summed E-state index contributed by atoms with van der Waals surface area (Å²) in [5.74, 6) is -0.471. The van der Waals surface area contributed by atoms with E-state index in [4.69, 9.17) is 4.52 Å². The molecule has 0 atom stereocenters. The number of hydrogen-bond donors (Lipinski definition) is 0. The SMILES string of the molecule is Cc1noc(/C=C/c2ccccc2F)c1S(=O)(=O)N1CCC(C(=O)N2CCc3ccccc3C2)CC1. The van der Waals surface area contributed by atoms with Crippen molar-refractivity contribution in [3.63, 3.8) is 0 Å². The maximum atomic E-state index is 14.0. The number of benzene rings is 2.